The van der Waals surface area contributed by atoms with Gasteiger partial charge in [-0.2, -0.15) is 0 Å². The number of hydrogen-bond donors (Lipinski definition) is 1. The van der Waals surface area contributed by atoms with Gasteiger partial charge in [0.2, 0.25) is 0 Å². The Morgan fingerprint density at radius 2 is 1.47 bits per heavy atom. The summed E-state index contributed by atoms with van der Waals surface area (Å²) < 4.78 is 0. The van der Waals surface area contributed by atoms with Crippen LogP contribution in [0.1, 0.15) is 36.1 Å². The van der Waals surface area contributed by atoms with Crippen molar-refractivity contribution in [3.05, 3.63) is 71.3 Å². The molecule has 0 aliphatic rings. The zero-order valence-electron chi connectivity index (χ0n) is 10.1. The van der Waals surface area contributed by atoms with Crippen LogP contribution in [0.25, 0.3) is 0 Å². The number of aliphatic hydroxyl groups is 1. The number of aryl methyl sites for hydroxylation is 1. The van der Waals surface area contributed by atoms with Crippen molar-refractivity contribution in [2.75, 3.05) is 0 Å². The molecule has 2 aromatic rings. The summed E-state index contributed by atoms with van der Waals surface area (Å²) in [6.07, 6.45) is 1.73. The molecule has 0 fully saturated rings. The summed E-state index contributed by atoms with van der Waals surface area (Å²) >= 11 is 0. The highest BCUT2D eigenvalue weighted by molar-refractivity contribution is 5.31. The summed E-state index contributed by atoms with van der Waals surface area (Å²) in [5, 5.41) is 10.2. The lowest BCUT2D eigenvalue weighted by Crippen LogP contribution is -1.99. The first-order valence-corrected chi connectivity index (χ1v) is 6.13. The van der Waals surface area contributed by atoms with E-state index in [0.29, 0.717) is 0 Å². The van der Waals surface area contributed by atoms with Crippen LogP contribution in [0, 0.1) is 0 Å². The zero-order chi connectivity index (χ0) is 12.1. The summed E-state index contributed by atoms with van der Waals surface area (Å²) in [6.45, 7) is 2.17. The van der Waals surface area contributed by atoms with E-state index in [1.165, 1.54) is 5.56 Å². The first-order valence-electron chi connectivity index (χ1n) is 6.13. The van der Waals surface area contributed by atoms with Gasteiger partial charge >= 0.3 is 0 Å². The molecular formula is C16H18O. The summed E-state index contributed by atoms with van der Waals surface area (Å²) in [6, 6.07) is 18.0. The standard InChI is InChI=1S/C16H18O/c1-2-6-13-9-11-15(12-10-13)16(17)14-7-4-3-5-8-14/h3-5,7-12,16-17H,2,6H2,1H3/t16-/m0/s1. The molecule has 88 valence electrons. The van der Waals surface area contributed by atoms with Crippen molar-refractivity contribution >= 4 is 0 Å². The maximum atomic E-state index is 10.2. The van der Waals surface area contributed by atoms with Crippen LogP contribution >= 0.6 is 0 Å². The average Bonchev–Trinajstić information content (AvgIpc) is 2.40. The van der Waals surface area contributed by atoms with Crippen LogP contribution < -0.4 is 0 Å². The molecule has 0 aromatic heterocycles. The Morgan fingerprint density at radius 1 is 0.882 bits per heavy atom. The van der Waals surface area contributed by atoms with Crippen molar-refractivity contribution in [2.45, 2.75) is 25.9 Å². The second kappa shape index (κ2) is 5.65. The van der Waals surface area contributed by atoms with E-state index in [0.717, 1.165) is 24.0 Å². The van der Waals surface area contributed by atoms with Gasteiger partial charge in [-0.3, -0.25) is 0 Å². The molecule has 0 amide bonds. The van der Waals surface area contributed by atoms with Crippen molar-refractivity contribution in [1.29, 1.82) is 0 Å². The summed E-state index contributed by atoms with van der Waals surface area (Å²) in [7, 11) is 0. The molecule has 1 atom stereocenters. The third kappa shape index (κ3) is 2.95. The van der Waals surface area contributed by atoms with Gasteiger partial charge in [0.05, 0.1) is 0 Å². The Labute approximate surface area is 103 Å². The van der Waals surface area contributed by atoms with Gasteiger partial charge in [0.25, 0.3) is 0 Å². The third-order valence-corrected chi connectivity index (χ3v) is 2.95. The average molecular weight is 226 g/mol. The number of aliphatic hydroxyl groups excluding tert-OH is 1. The van der Waals surface area contributed by atoms with Crippen LogP contribution in [0.5, 0.6) is 0 Å². The molecular weight excluding hydrogens is 208 g/mol. The molecule has 0 unspecified atom stereocenters. The van der Waals surface area contributed by atoms with Crippen molar-refractivity contribution < 1.29 is 5.11 Å². The highest BCUT2D eigenvalue weighted by atomic mass is 16.3. The van der Waals surface area contributed by atoms with Gasteiger partial charge in [-0.15, -0.1) is 0 Å². The van der Waals surface area contributed by atoms with Crippen LogP contribution in [-0.4, -0.2) is 5.11 Å². The first-order chi connectivity index (χ1) is 8.31. The molecule has 0 bridgehead atoms. The summed E-state index contributed by atoms with van der Waals surface area (Å²) in [5.41, 5.74) is 3.23. The second-order valence-corrected chi connectivity index (χ2v) is 4.30. The predicted molar refractivity (Wildman–Crippen MR) is 70.9 cm³/mol. The molecule has 0 aliphatic heterocycles. The lowest BCUT2D eigenvalue weighted by atomic mass is 9.99. The van der Waals surface area contributed by atoms with E-state index in [2.05, 4.69) is 19.1 Å². The number of hydrogen-bond acceptors (Lipinski definition) is 1. The maximum Gasteiger partial charge on any atom is 0.104 e. The largest absolute Gasteiger partial charge is 0.384 e. The van der Waals surface area contributed by atoms with E-state index in [1.54, 1.807) is 0 Å². The summed E-state index contributed by atoms with van der Waals surface area (Å²) in [5.74, 6) is 0. The number of benzene rings is 2. The smallest absolute Gasteiger partial charge is 0.104 e. The van der Waals surface area contributed by atoms with E-state index in [4.69, 9.17) is 0 Å². The topological polar surface area (TPSA) is 20.2 Å². The molecule has 17 heavy (non-hydrogen) atoms. The molecule has 1 nitrogen and oxygen atoms in total. The zero-order valence-corrected chi connectivity index (χ0v) is 10.1. The molecule has 1 heteroatoms. The van der Waals surface area contributed by atoms with Crippen molar-refractivity contribution in [2.24, 2.45) is 0 Å². The Bertz CT molecular complexity index is 445. The van der Waals surface area contributed by atoms with E-state index < -0.39 is 6.10 Å². The molecule has 0 aliphatic carbocycles. The minimum Gasteiger partial charge on any atom is -0.384 e. The Morgan fingerprint density at radius 3 is 2.06 bits per heavy atom. The van der Waals surface area contributed by atoms with Gasteiger partial charge in [-0.05, 0) is 23.1 Å². The van der Waals surface area contributed by atoms with Crippen LogP contribution in [-0.2, 0) is 6.42 Å². The molecule has 0 saturated heterocycles. The molecule has 2 aromatic carbocycles. The van der Waals surface area contributed by atoms with Gasteiger partial charge in [0.1, 0.15) is 6.10 Å². The van der Waals surface area contributed by atoms with Crippen molar-refractivity contribution in [1.82, 2.24) is 0 Å². The van der Waals surface area contributed by atoms with Crippen LogP contribution in [0.4, 0.5) is 0 Å². The highest BCUT2D eigenvalue weighted by Gasteiger charge is 2.09. The monoisotopic (exact) mass is 226 g/mol. The van der Waals surface area contributed by atoms with E-state index in [1.807, 2.05) is 42.5 Å². The van der Waals surface area contributed by atoms with Crippen LogP contribution in [0.15, 0.2) is 54.6 Å². The van der Waals surface area contributed by atoms with Gasteiger partial charge in [-0.25, -0.2) is 0 Å². The summed E-state index contributed by atoms with van der Waals surface area (Å²) in [4.78, 5) is 0. The fraction of sp³-hybridized carbons (Fsp3) is 0.250. The SMILES string of the molecule is CCCc1ccc([C@@H](O)c2ccccc2)cc1. The molecule has 0 spiro atoms. The Kier molecular flexibility index (Phi) is 3.94. The Balaban J connectivity index is 2.17. The molecule has 1 N–H and O–H groups in total. The molecule has 0 heterocycles. The van der Waals surface area contributed by atoms with E-state index in [-0.39, 0.29) is 0 Å². The fourth-order valence-corrected chi connectivity index (χ4v) is 1.98. The van der Waals surface area contributed by atoms with Gasteiger partial charge in [0.15, 0.2) is 0 Å². The third-order valence-electron chi connectivity index (χ3n) is 2.95. The predicted octanol–water partition coefficient (Wildman–Crippen LogP) is 3.72. The lowest BCUT2D eigenvalue weighted by molar-refractivity contribution is 0.220. The number of rotatable bonds is 4. The minimum atomic E-state index is -0.521. The minimum absolute atomic E-state index is 0.521. The second-order valence-electron chi connectivity index (χ2n) is 4.30. The highest BCUT2D eigenvalue weighted by Crippen LogP contribution is 2.21. The lowest BCUT2D eigenvalue weighted by Gasteiger charge is -2.11. The first kappa shape index (κ1) is 11.9. The van der Waals surface area contributed by atoms with E-state index >= 15 is 0 Å². The Hall–Kier alpha value is -1.60. The van der Waals surface area contributed by atoms with Gasteiger partial charge in [0, 0.05) is 0 Å². The normalized spacial score (nSPS) is 12.4. The fourth-order valence-electron chi connectivity index (χ4n) is 1.98. The van der Waals surface area contributed by atoms with Gasteiger partial charge < -0.3 is 5.11 Å². The maximum absolute atomic E-state index is 10.2. The molecule has 0 saturated carbocycles. The van der Waals surface area contributed by atoms with Crippen LogP contribution in [0.2, 0.25) is 0 Å². The van der Waals surface area contributed by atoms with Gasteiger partial charge in [-0.1, -0.05) is 67.9 Å². The van der Waals surface area contributed by atoms with E-state index in [9.17, 15) is 5.11 Å². The quantitative estimate of drug-likeness (QED) is 0.842. The van der Waals surface area contributed by atoms with Crippen LogP contribution in [0.3, 0.4) is 0 Å². The molecule has 2 rings (SSSR count). The van der Waals surface area contributed by atoms with Crippen molar-refractivity contribution in [3.63, 3.8) is 0 Å². The molecule has 0 radical (unpaired) electrons. The van der Waals surface area contributed by atoms with Crippen molar-refractivity contribution in [3.8, 4) is 0 Å².